The van der Waals surface area contributed by atoms with E-state index in [-0.39, 0.29) is 18.4 Å². The first-order valence-electron chi connectivity index (χ1n) is 13.7. The molecule has 3 aromatic rings. The molecule has 208 valence electrons. The van der Waals surface area contributed by atoms with Gasteiger partial charge in [0.2, 0.25) is 5.91 Å². The minimum atomic E-state index is -1.63. The van der Waals surface area contributed by atoms with Crippen LogP contribution in [0.2, 0.25) is 0 Å². The van der Waals surface area contributed by atoms with Crippen molar-refractivity contribution in [2.75, 3.05) is 39.5 Å². The van der Waals surface area contributed by atoms with Crippen molar-refractivity contribution in [3.63, 3.8) is 0 Å². The van der Waals surface area contributed by atoms with Crippen LogP contribution in [0.5, 0.6) is 5.75 Å². The fourth-order valence-electron chi connectivity index (χ4n) is 4.72. The lowest BCUT2D eigenvalue weighted by Gasteiger charge is -2.26. The van der Waals surface area contributed by atoms with E-state index in [1.54, 1.807) is 4.68 Å². The molecule has 0 bridgehead atoms. The summed E-state index contributed by atoms with van der Waals surface area (Å²) >= 11 is 0. The Balaban J connectivity index is 1.47. The quantitative estimate of drug-likeness (QED) is 0.229. The van der Waals surface area contributed by atoms with Crippen LogP contribution in [-0.2, 0) is 16.1 Å². The molecule has 2 heterocycles. The van der Waals surface area contributed by atoms with Gasteiger partial charge in [-0.3, -0.25) is 14.4 Å². The third-order valence-corrected chi connectivity index (χ3v) is 6.70. The smallest absolute Gasteiger partial charge is 0.475 e. The largest absolute Gasteiger partial charge is 0.494 e. The number of rotatable bonds is 13. The average Bonchev–Trinajstić information content (AvgIpc) is 3.35. The number of nitrogens with zero attached hydrogens (tertiary/aromatic N) is 3. The van der Waals surface area contributed by atoms with E-state index in [0.717, 1.165) is 67.5 Å². The van der Waals surface area contributed by atoms with Gasteiger partial charge in [0, 0.05) is 25.2 Å². The van der Waals surface area contributed by atoms with Crippen LogP contribution in [0.3, 0.4) is 0 Å². The van der Waals surface area contributed by atoms with Crippen LogP contribution in [-0.4, -0.2) is 83.2 Å². The van der Waals surface area contributed by atoms with Crippen LogP contribution in [0.1, 0.15) is 26.7 Å². The van der Waals surface area contributed by atoms with Crippen LogP contribution >= 0.6 is 0 Å². The monoisotopic (exact) mass is 534 g/mol. The van der Waals surface area contributed by atoms with Crippen molar-refractivity contribution in [1.82, 2.24) is 20.0 Å². The maximum atomic E-state index is 12.9. The van der Waals surface area contributed by atoms with Gasteiger partial charge in [0.25, 0.3) is 0 Å². The van der Waals surface area contributed by atoms with E-state index in [9.17, 15) is 14.8 Å². The normalized spacial score (nSPS) is 14.8. The summed E-state index contributed by atoms with van der Waals surface area (Å²) in [5.41, 5.74) is 3.34. The highest BCUT2D eigenvalue weighted by molar-refractivity contribution is 6.43. The summed E-state index contributed by atoms with van der Waals surface area (Å²) in [5.74, 6) is -0.110. The molecule has 1 aromatic heterocycles. The van der Waals surface area contributed by atoms with E-state index >= 15 is 0 Å². The molecular formula is C29H39BN4O5. The molecule has 39 heavy (non-hydrogen) atoms. The van der Waals surface area contributed by atoms with Crippen molar-refractivity contribution < 1.29 is 24.3 Å². The lowest BCUT2D eigenvalue weighted by atomic mass is 9.75. The third kappa shape index (κ3) is 8.66. The number of ether oxygens (including phenoxy) is 2. The van der Waals surface area contributed by atoms with E-state index < -0.39 is 13.1 Å². The Morgan fingerprint density at radius 3 is 2.54 bits per heavy atom. The van der Waals surface area contributed by atoms with Gasteiger partial charge in [-0.15, -0.1) is 0 Å². The topological polar surface area (TPSA) is 109 Å². The Bertz CT molecular complexity index is 1180. The van der Waals surface area contributed by atoms with Crippen molar-refractivity contribution in [2.24, 2.45) is 5.92 Å². The molecule has 1 unspecified atom stereocenters. The van der Waals surface area contributed by atoms with Gasteiger partial charge in [-0.2, -0.15) is 5.10 Å². The zero-order valence-electron chi connectivity index (χ0n) is 22.8. The van der Waals surface area contributed by atoms with E-state index in [4.69, 9.17) is 14.6 Å². The van der Waals surface area contributed by atoms with Crippen molar-refractivity contribution in [3.05, 3.63) is 60.7 Å². The second kappa shape index (κ2) is 14.3. The van der Waals surface area contributed by atoms with Crippen LogP contribution in [0.15, 0.2) is 60.7 Å². The molecule has 3 N–H and O–H groups in total. The van der Waals surface area contributed by atoms with Crippen molar-refractivity contribution in [3.8, 4) is 28.3 Å². The number of nitrogens with one attached hydrogen (secondary N) is 1. The lowest BCUT2D eigenvalue weighted by molar-refractivity contribution is -0.122. The van der Waals surface area contributed by atoms with Gasteiger partial charge in [-0.05, 0) is 42.5 Å². The predicted octanol–water partition coefficient (Wildman–Crippen LogP) is 2.86. The molecule has 0 saturated carbocycles. The molecule has 1 aliphatic heterocycles. The highest BCUT2D eigenvalue weighted by Crippen LogP contribution is 2.28. The third-order valence-electron chi connectivity index (χ3n) is 6.70. The van der Waals surface area contributed by atoms with Gasteiger partial charge in [0.15, 0.2) is 0 Å². The first-order chi connectivity index (χ1) is 18.9. The number of amides is 1. The number of hydrogen-bond donors (Lipinski definition) is 3. The zero-order valence-corrected chi connectivity index (χ0v) is 22.8. The molecule has 9 nitrogen and oxygen atoms in total. The summed E-state index contributed by atoms with van der Waals surface area (Å²) in [6.45, 7) is 9.03. The van der Waals surface area contributed by atoms with Crippen LogP contribution < -0.4 is 10.1 Å². The van der Waals surface area contributed by atoms with Crippen LogP contribution in [0.25, 0.3) is 22.5 Å². The molecule has 2 aromatic carbocycles. The van der Waals surface area contributed by atoms with Gasteiger partial charge in [0.05, 0.1) is 37.1 Å². The standard InChI is InChI=1S/C29H39BN4O5/c1-22(2)18-28(30(36)37)31-29(35)21-34-27(23-8-4-3-5-9-23)20-26(32-34)24-10-6-11-25(19-24)39-15-7-12-33-13-16-38-17-14-33/h3-6,8-11,19-20,22,28,36-37H,7,12-18,21H2,1-2H3,(H,31,35). The number of carbonyl (C=O) groups is 1. The summed E-state index contributed by atoms with van der Waals surface area (Å²) in [7, 11) is -1.63. The molecule has 1 aliphatic rings. The van der Waals surface area contributed by atoms with E-state index in [0.29, 0.717) is 13.0 Å². The van der Waals surface area contributed by atoms with Gasteiger partial charge in [0.1, 0.15) is 12.3 Å². The number of hydrogen-bond acceptors (Lipinski definition) is 7. The highest BCUT2D eigenvalue weighted by Gasteiger charge is 2.26. The first kappa shape index (κ1) is 28.8. The van der Waals surface area contributed by atoms with Crippen molar-refractivity contribution in [1.29, 1.82) is 0 Å². The van der Waals surface area contributed by atoms with E-state index in [2.05, 4.69) is 10.2 Å². The molecule has 10 heteroatoms. The second-order valence-electron chi connectivity index (χ2n) is 10.3. The highest BCUT2D eigenvalue weighted by atomic mass is 16.5. The molecule has 0 spiro atoms. The molecule has 1 amide bonds. The summed E-state index contributed by atoms with van der Waals surface area (Å²) < 4.78 is 13.1. The van der Waals surface area contributed by atoms with Gasteiger partial charge in [-0.25, -0.2) is 0 Å². The van der Waals surface area contributed by atoms with Crippen LogP contribution in [0.4, 0.5) is 0 Å². The van der Waals surface area contributed by atoms with Crippen molar-refractivity contribution in [2.45, 2.75) is 39.2 Å². The molecule has 1 fully saturated rings. The Kier molecular flexibility index (Phi) is 10.6. The summed E-state index contributed by atoms with van der Waals surface area (Å²) in [5, 5.41) is 27.0. The molecule has 1 saturated heterocycles. The maximum absolute atomic E-state index is 12.9. The fourth-order valence-corrected chi connectivity index (χ4v) is 4.72. The molecule has 0 aliphatic carbocycles. The van der Waals surface area contributed by atoms with E-state index in [1.165, 1.54) is 0 Å². The summed E-state index contributed by atoms with van der Waals surface area (Å²) in [6, 6.07) is 19.6. The first-order valence-corrected chi connectivity index (χ1v) is 13.7. The van der Waals surface area contributed by atoms with Crippen LogP contribution in [0, 0.1) is 5.92 Å². The fraction of sp³-hybridized carbons (Fsp3) is 0.448. The Morgan fingerprint density at radius 2 is 1.82 bits per heavy atom. The zero-order chi connectivity index (χ0) is 27.6. The molecule has 0 radical (unpaired) electrons. The molecular weight excluding hydrogens is 495 g/mol. The maximum Gasteiger partial charge on any atom is 0.475 e. The Hall–Kier alpha value is -3.18. The SMILES string of the molecule is CC(C)CC(NC(=O)Cn1nc(-c2cccc(OCCCN3CCOCC3)c2)cc1-c1ccccc1)B(O)O. The van der Waals surface area contributed by atoms with Gasteiger partial charge < -0.3 is 24.8 Å². The van der Waals surface area contributed by atoms with E-state index in [1.807, 2.05) is 74.5 Å². The number of morpholine rings is 1. The number of benzene rings is 2. The lowest BCUT2D eigenvalue weighted by Crippen LogP contribution is -2.48. The molecule has 1 atom stereocenters. The molecule has 4 rings (SSSR count). The minimum absolute atomic E-state index is 0.0523. The Labute approximate surface area is 230 Å². The summed E-state index contributed by atoms with van der Waals surface area (Å²) in [4.78, 5) is 15.3. The average molecular weight is 534 g/mol. The van der Waals surface area contributed by atoms with Gasteiger partial charge in [-0.1, -0.05) is 56.3 Å². The second-order valence-corrected chi connectivity index (χ2v) is 10.3. The Morgan fingerprint density at radius 1 is 1.08 bits per heavy atom. The summed E-state index contributed by atoms with van der Waals surface area (Å²) in [6.07, 6.45) is 1.39. The number of aromatic nitrogens is 2. The predicted molar refractivity (Wildman–Crippen MR) is 152 cm³/mol. The van der Waals surface area contributed by atoms with Gasteiger partial charge >= 0.3 is 7.12 Å². The van der Waals surface area contributed by atoms with Crippen molar-refractivity contribution >= 4 is 13.0 Å². The minimum Gasteiger partial charge on any atom is -0.494 e. The number of carbonyl (C=O) groups excluding carboxylic acids is 1.